The van der Waals surface area contributed by atoms with Gasteiger partial charge in [-0.3, -0.25) is 0 Å². The lowest BCUT2D eigenvalue weighted by Gasteiger charge is -2.02. The van der Waals surface area contributed by atoms with Gasteiger partial charge in [-0.2, -0.15) is 0 Å². The van der Waals surface area contributed by atoms with E-state index in [1.165, 1.54) is 11.1 Å². The summed E-state index contributed by atoms with van der Waals surface area (Å²) < 4.78 is 5.55. The number of allylic oxidation sites excluding steroid dienone is 1. The van der Waals surface area contributed by atoms with E-state index in [-0.39, 0.29) is 0 Å². The van der Waals surface area contributed by atoms with Crippen LogP contribution < -0.4 is 0 Å². The van der Waals surface area contributed by atoms with Crippen LogP contribution in [0.25, 0.3) is 0 Å². The third-order valence-corrected chi connectivity index (χ3v) is 2.73. The Bertz CT molecular complexity index is 512. The molecule has 0 aliphatic carbocycles. The molecule has 0 unspecified atom stereocenters. The highest BCUT2D eigenvalue weighted by Gasteiger charge is 2.01. The summed E-state index contributed by atoms with van der Waals surface area (Å²) in [5, 5.41) is 7.67. The lowest BCUT2D eigenvalue weighted by Crippen LogP contribution is -1.88. The van der Waals surface area contributed by atoms with Gasteiger partial charge in [0, 0.05) is 25.0 Å². The van der Waals surface area contributed by atoms with Crippen molar-refractivity contribution < 1.29 is 9.52 Å². The smallest absolute Gasteiger partial charge is 0.108 e. The number of benzene rings is 1. The molecule has 0 saturated carbocycles. The van der Waals surface area contributed by atoms with Gasteiger partial charge in [0.25, 0.3) is 0 Å². The van der Waals surface area contributed by atoms with Crippen LogP contribution in [-0.2, 0) is 12.8 Å². The van der Waals surface area contributed by atoms with E-state index in [0.717, 1.165) is 31.5 Å². The quantitative estimate of drug-likeness (QED) is 0.914. The number of halogens is 1. The highest BCUT2D eigenvalue weighted by molar-refractivity contribution is 6.29. The number of hydrogen-bond donors (Lipinski definition) is 1. The first-order valence-electron chi connectivity index (χ1n) is 6.04. The normalized spacial score (nSPS) is 9.68. The molecule has 0 atom stereocenters. The largest absolute Gasteiger partial charge is 0.466 e. The van der Waals surface area contributed by atoms with Gasteiger partial charge in [-0.15, -0.1) is 0 Å². The van der Waals surface area contributed by atoms with E-state index in [1.54, 1.807) is 0 Å². The molecule has 0 amide bonds. The Morgan fingerprint density at radius 1 is 1.11 bits per heavy atom. The summed E-state index contributed by atoms with van der Waals surface area (Å²) >= 11 is 5.78. The molecular formula is C16H19ClO2. The van der Waals surface area contributed by atoms with Gasteiger partial charge in [-0.1, -0.05) is 42.4 Å². The Morgan fingerprint density at radius 2 is 1.68 bits per heavy atom. The minimum absolute atomic E-state index is 0.666. The first kappa shape index (κ1) is 15.5. The zero-order chi connectivity index (χ0) is 14.3. The van der Waals surface area contributed by atoms with Gasteiger partial charge in [-0.05, 0) is 30.2 Å². The zero-order valence-corrected chi connectivity index (χ0v) is 12.1. The maximum absolute atomic E-state index is 7.00. The first-order chi connectivity index (χ1) is 9.13. The van der Waals surface area contributed by atoms with Gasteiger partial charge < -0.3 is 9.52 Å². The Labute approximate surface area is 119 Å². The predicted molar refractivity (Wildman–Crippen MR) is 79.5 cm³/mol. The minimum Gasteiger partial charge on any atom is -0.466 e. The molecule has 0 fully saturated rings. The van der Waals surface area contributed by atoms with Crippen LogP contribution in [0.4, 0.5) is 0 Å². The molecule has 1 aromatic heterocycles. The standard InChI is InChI=1S/C15H15ClO.CH4O/c1-11(16)9-13-4-6-14(7-5-13)10-15-8-3-12(2)17-15;1-2/h3-8H,1,9-10H2,2H3;2H,1H3. The van der Waals surface area contributed by atoms with Crippen LogP contribution in [0.1, 0.15) is 22.6 Å². The first-order valence-corrected chi connectivity index (χ1v) is 6.42. The maximum atomic E-state index is 7.00. The van der Waals surface area contributed by atoms with E-state index in [1.807, 2.05) is 19.1 Å². The monoisotopic (exact) mass is 278 g/mol. The van der Waals surface area contributed by atoms with Crippen LogP contribution in [0.5, 0.6) is 0 Å². The second-order valence-electron chi connectivity index (χ2n) is 4.20. The fourth-order valence-electron chi connectivity index (χ4n) is 1.78. The second kappa shape index (κ2) is 7.82. The Hall–Kier alpha value is -1.51. The summed E-state index contributed by atoms with van der Waals surface area (Å²) in [5.74, 6) is 1.95. The summed E-state index contributed by atoms with van der Waals surface area (Å²) in [6.45, 7) is 5.65. The summed E-state index contributed by atoms with van der Waals surface area (Å²) in [5.41, 5.74) is 2.42. The van der Waals surface area contributed by atoms with E-state index in [2.05, 4.69) is 30.8 Å². The average molecular weight is 279 g/mol. The van der Waals surface area contributed by atoms with E-state index < -0.39 is 0 Å². The Balaban J connectivity index is 0.000000861. The second-order valence-corrected chi connectivity index (χ2v) is 4.73. The number of furan rings is 1. The van der Waals surface area contributed by atoms with E-state index in [4.69, 9.17) is 21.1 Å². The average Bonchev–Trinajstić information content (AvgIpc) is 2.79. The maximum Gasteiger partial charge on any atom is 0.108 e. The SMILES string of the molecule is C=C(Cl)Cc1ccc(Cc2ccc(C)o2)cc1.CO. The topological polar surface area (TPSA) is 33.4 Å². The lowest BCUT2D eigenvalue weighted by molar-refractivity contribution is 0.399. The fraction of sp³-hybridized carbons (Fsp3) is 0.250. The molecule has 0 aliphatic heterocycles. The molecule has 0 saturated heterocycles. The highest BCUT2D eigenvalue weighted by atomic mass is 35.5. The van der Waals surface area contributed by atoms with E-state index >= 15 is 0 Å². The van der Waals surface area contributed by atoms with Crippen molar-refractivity contribution in [3.05, 3.63) is 70.7 Å². The van der Waals surface area contributed by atoms with Crippen molar-refractivity contribution in [1.29, 1.82) is 0 Å². The summed E-state index contributed by atoms with van der Waals surface area (Å²) in [7, 11) is 1.00. The van der Waals surface area contributed by atoms with Gasteiger partial charge in [0.05, 0.1) is 0 Å². The van der Waals surface area contributed by atoms with Crippen molar-refractivity contribution in [3.63, 3.8) is 0 Å². The van der Waals surface area contributed by atoms with Gasteiger partial charge >= 0.3 is 0 Å². The van der Waals surface area contributed by atoms with Crippen molar-refractivity contribution in [2.45, 2.75) is 19.8 Å². The number of aryl methyl sites for hydroxylation is 1. The van der Waals surface area contributed by atoms with Gasteiger partial charge in [-0.25, -0.2) is 0 Å². The summed E-state index contributed by atoms with van der Waals surface area (Å²) in [6, 6.07) is 12.4. The molecule has 19 heavy (non-hydrogen) atoms. The van der Waals surface area contributed by atoms with Crippen LogP contribution >= 0.6 is 11.6 Å². The molecular weight excluding hydrogens is 260 g/mol. The summed E-state index contributed by atoms with van der Waals surface area (Å²) in [6.07, 6.45) is 1.55. The minimum atomic E-state index is 0.666. The van der Waals surface area contributed by atoms with Gasteiger partial charge in [0.1, 0.15) is 11.5 Å². The number of aliphatic hydroxyl groups is 1. The zero-order valence-electron chi connectivity index (χ0n) is 11.3. The molecule has 0 radical (unpaired) electrons. The number of rotatable bonds is 4. The van der Waals surface area contributed by atoms with Crippen molar-refractivity contribution >= 4 is 11.6 Å². The van der Waals surface area contributed by atoms with Gasteiger partial charge in [0.15, 0.2) is 0 Å². The van der Waals surface area contributed by atoms with E-state index in [0.29, 0.717) is 5.03 Å². The molecule has 2 rings (SSSR count). The number of hydrogen-bond acceptors (Lipinski definition) is 2. The highest BCUT2D eigenvalue weighted by Crippen LogP contribution is 2.15. The molecule has 2 nitrogen and oxygen atoms in total. The van der Waals surface area contributed by atoms with Crippen LogP contribution in [0.15, 0.2) is 52.4 Å². The van der Waals surface area contributed by atoms with Crippen LogP contribution in [-0.4, -0.2) is 12.2 Å². The molecule has 3 heteroatoms. The van der Waals surface area contributed by atoms with Crippen LogP contribution in [0, 0.1) is 6.92 Å². The van der Waals surface area contributed by atoms with E-state index in [9.17, 15) is 0 Å². The van der Waals surface area contributed by atoms with Crippen LogP contribution in [0.3, 0.4) is 0 Å². The Morgan fingerprint density at radius 3 is 2.16 bits per heavy atom. The Kier molecular flexibility index (Phi) is 6.40. The van der Waals surface area contributed by atoms with Crippen molar-refractivity contribution in [2.24, 2.45) is 0 Å². The molecule has 0 aliphatic rings. The van der Waals surface area contributed by atoms with Crippen molar-refractivity contribution in [3.8, 4) is 0 Å². The summed E-state index contributed by atoms with van der Waals surface area (Å²) in [4.78, 5) is 0. The van der Waals surface area contributed by atoms with Gasteiger partial charge in [0.2, 0.25) is 0 Å². The van der Waals surface area contributed by atoms with Crippen molar-refractivity contribution in [1.82, 2.24) is 0 Å². The third-order valence-electron chi connectivity index (χ3n) is 2.59. The lowest BCUT2D eigenvalue weighted by atomic mass is 10.1. The molecule has 1 aromatic carbocycles. The molecule has 0 bridgehead atoms. The molecule has 102 valence electrons. The molecule has 0 spiro atoms. The molecule has 1 N–H and O–H groups in total. The fourth-order valence-corrected chi connectivity index (χ4v) is 1.93. The third kappa shape index (κ3) is 5.33. The predicted octanol–water partition coefficient (Wildman–Crippen LogP) is 4.08. The molecule has 2 aromatic rings. The number of aliphatic hydroxyl groups excluding tert-OH is 1. The van der Waals surface area contributed by atoms with Crippen molar-refractivity contribution in [2.75, 3.05) is 7.11 Å². The van der Waals surface area contributed by atoms with Crippen LogP contribution in [0.2, 0.25) is 0 Å². The molecule has 1 heterocycles.